The summed E-state index contributed by atoms with van der Waals surface area (Å²) in [4.78, 5) is 28.5. The first-order valence-electron chi connectivity index (χ1n) is 4.65. The van der Waals surface area contributed by atoms with Gasteiger partial charge in [-0.1, -0.05) is 0 Å². The minimum Gasteiger partial charge on any atom is -0.273 e. The molecule has 84 valence electrons. The second-order valence-corrected chi connectivity index (χ2v) is 5.25. The summed E-state index contributed by atoms with van der Waals surface area (Å²) in [6.07, 6.45) is 1.60. The third kappa shape index (κ3) is 2.12. The fourth-order valence-corrected chi connectivity index (χ4v) is 2.32. The highest BCUT2D eigenvalue weighted by atomic mass is 79.9. The zero-order valence-electron chi connectivity index (χ0n) is 8.57. The Morgan fingerprint density at radius 3 is 2.56 bits per heavy atom. The molecule has 1 aromatic heterocycles. The maximum Gasteiger partial charge on any atom is 0.245 e. The number of anilines is 1. The van der Waals surface area contributed by atoms with Gasteiger partial charge < -0.3 is 0 Å². The van der Waals surface area contributed by atoms with Crippen LogP contribution in [0.15, 0.2) is 16.7 Å². The first-order chi connectivity index (χ1) is 7.59. The van der Waals surface area contributed by atoms with Crippen molar-refractivity contribution in [3.8, 4) is 0 Å². The molecular weight excluding hydrogens is 292 g/mol. The average Bonchev–Trinajstić information content (AvgIpc) is 2.23. The van der Waals surface area contributed by atoms with Crippen molar-refractivity contribution in [3.05, 3.63) is 22.3 Å². The fraction of sp³-hybridized carbons (Fsp3) is 0.300. The molecule has 6 heteroatoms. The van der Waals surface area contributed by atoms with Gasteiger partial charge in [-0.05, 0) is 34.5 Å². The molecule has 0 bridgehead atoms. The number of pyridine rings is 1. The van der Waals surface area contributed by atoms with Crippen LogP contribution in [-0.2, 0) is 9.59 Å². The molecule has 1 aromatic rings. The van der Waals surface area contributed by atoms with Gasteiger partial charge in [0.25, 0.3) is 0 Å². The molecule has 0 atom stereocenters. The van der Waals surface area contributed by atoms with Crippen molar-refractivity contribution in [1.29, 1.82) is 0 Å². The number of rotatable bonds is 1. The predicted molar refractivity (Wildman–Crippen MR) is 66.5 cm³/mol. The summed E-state index contributed by atoms with van der Waals surface area (Å²) in [5.41, 5.74) is 0.948. The summed E-state index contributed by atoms with van der Waals surface area (Å²) in [6, 6.07) is 1.73. The van der Waals surface area contributed by atoms with Crippen LogP contribution in [0, 0.1) is 6.92 Å². The van der Waals surface area contributed by atoms with E-state index in [0.717, 1.165) is 14.9 Å². The number of aromatic nitrogens is 1. The molecule has 0 radical (unpaired) electrons. The van der Waals surface area contributed by atoms with Crippen LogP contribution in [0.3, 0.4) is 0 Å². The van der Waals surface area contributed by atoms with E-state index in [1.807, 2.05) is 6.92 Å². The topological polar surface area (TPSA) is 50.3 Å². The molecule has 4 nitrogen and oxygen atoms in total. The Morgan fingerprint density at radius 2 is 2.00 bits per heavy atom. The molecule has 0 N–H and O–H groups in total. The van der Waals surface area contributed by atoms with Crippen molar-refractivity contribution < 1.29 is 9.59 Å². The van der Waals surface area contributed by atoms with Crippen molar-refractivity contribution in [2.75, 3.05) is 16.4 Å². The third-order valence-corrected chi connectivity index (χ3v) is 3.94. The number of aryl methyl sites for hydroxylation is 1. The SMILES string of the molecule is Cc1cc(N2C(=O)CSCC2=O)ncc1Br. The summed E-state index contributed by atoms with van der Waals surface area (Å²) in [5.74, 6) is 0.687. The van der Waals surface area contributed by atoms with Gasteiger partial charge in [-0.15, -0.1) is 11.8 Å². The molecule has 2 rings (SSSR count). The van der Waals surface area contributed by atoms with E-state index in [2.05, 4.69) is 20.9 Å². The smallest absolute Gasteiger partial charge is 0.245 e. The fourth-order valence-electron chi connectivity index (χ4n) is 1.40. The number of halogens is 1. The summed E-state index contributed by atoms with van der Waals surface area (Å²) < 4.78 is 0.863. The molecule has 1 aliphatic rings. The number of hydrogen-bond donors (Lipinski definition) is 0. The third-order valence-electron chi connectivity index (χ3n) is 2.21. The summed E-state index contributed by atoms with van der Waals surface area (Å²) in [7, 11) is 0. The lowest BCUT2D eigenvalue weighted by atomic mass is 10.3. The van der Waals surface area contributed by atoms with Crippen LogP contribution >= 0.6 is 27.7 Å². The molecule has 1 saturated heterocycles. The lowest BCUT2D eigenvalue weighted by molar-refractivity contribution is -0.124. The second kappa shape index (κ2) is 4.55. The summed E-state index contributed by atoms with van der Waals surface area (Å²) in [6.45, 7) is 1.89. The van der Waals surface area contributed by atoms with E-state index in [-0.39, 0.29) is 11.8 Å². The van der Waals surface area contributed by atoms with Crippen LogP contribution in [0.2, 0.25) is 0 Å². The normalized spacial score (nSPS) is 16.8. The Bertz CT molecular complexity index is 448. The quantitative estimate of drug-likeness (QED) is 0.742. The number of hydrogen-bond acceptors (Lipinski definition) is 4. The van der Waals surface area contributed by atoms with Gasteiger partial charge in [-0.3, -0.25) is 9.59 Å². The molecule has 0 spiro atoms. The van der Waals surface area contributed by atoms with Gasteiger partial charge in [-0.25, -0.2) is 9.88 Å². The molecule has 1 aliphatic heterocycles. The lowest BCUT2D eigenvalue weighted by Crippen LogP contribution is -2.43. The number of carbonyl (C=O) groups excluding carboxylic acids is 2. The van der Waals surface area contributed by atoms with Crippen molar-refractivity contribution >= 4 is 45.3 Å². The number of thioether (sulfide) groups is 1. The Labute approximate surface area is 106 Å². The van der Waals surface area contributed by atoms with Crippen molar-refractivity contribution in [1.82, 2.24) is 4.98 Å². The van der Waals surface area contributed by atoms with E-state index in [1.165, 1.54) is 11.8 Å². The minimum absolute atomic E-state index is 0.199. The van der Waals surface area contributed by atoms with Crippen molar-refractivity contribution in [3.63, 3.8) is 0 Å². The van der Waals surface area contributed by atoms with E-state index in [0.29, 0.717) is 17.3 Å². The van der Waals surface area contributed by atoms with Crippen LogP contribution in [-0.4, -0.2) is 28.3 Å². The van der Waals surface area contributed by atoms with E-state index in [9.17, 15) is 9.59 Å². The van der Waals surface area contributed by atoms with E-state index in [4.69, 9.17) is 0 Å². The Hall–Kier alpha value is -0.880. The zero-order valence-corrected chi connectivity index (χ0v) is 11.0. The number of carbonyl (C=O) groups is 2. The van der Waals surface area contributed by atoms with Crippen LogP contribution in [0.25, 0.3) is 0 Å². The van der Waals surface area contributed by atoms with E-state index < -0.39 is 0 Å². The maximum absolute atomic E-state index is 11.6. The van der Waals surface area contributed by atoms with Crippen molar-refractivity contribution in [2.45, 2.75) is 6.92 Å². The molecular formula is C10H9BrN2O2S. The Kier molecular flexibility index (Phi) is 3.30. The summed E-state index contributed by atoms with van der Waals surface area (Å²) >= 11 is 4.67. The predicted octanol–water partition coefficient (Wildman–Crippen LogP) is 1.76. The number of imide groups is 1. The lowest BCUT2D eigenvalue weighted by Gasteiger charge is -2.23. The largest absolute Gasteiger partial charge is 0.273 e. The Morgan fingerprint density at radius 1 is 1.38 bits per heavy atom. The highest BCUT2D eigenvalue weighted by molar-refractivity contribution is 9.10. The number of nitrogens with zero attached hydrogens (tertiary/aromatic N) is 2. The van der Waals surface area contributed by atoms with Gasteiger partial charge in [0, 0.05) is 10.7 Å². The maximum atomic E-state index is 11.6. The van der Waals surface area contributed by atoms with Gasteiger partial charge in [-0.2, -0.15) is 0 Å². The first-order valence-corrected chi connectivity index (χ1v) is 6.60. The standard InChI is InChI=1S/C10H9BrN2O2S/c1-6-2-8(12-3-7(6)11)13-9(14)4-16-5-10(13)15/h2-3H,4-5H2,1H3. The molecule has 0 saturated carbocycles. The van der Waals surface area contributed by atoms with Crippen LogP contribution < -0.4 is 4.90 Å². The summed E-state index contributed by atoms with van der Waals surface area (Å²) in [5, 5.41) is 0. The van der Waals surface area contributed by atoms with Crippen LogP contribution in [0.5, 0.6) is 0 Å². The highest BCUT2D eigenvalue weighted by Gasteiger charge is 2.28. The van der Waals surface area contributed by atoms with Gasteiger partial charge in [0.2, 0.25) is 11.8 Å². The average molecular weight is 301 g/mol. The van der Waals surface area contributed by atoms with Crippen LogP contribution in [0.1, 0.15) is 5.56 Å². The monoisotopic (exact) mass is 300 g/mol. The van der Waals surface area contributed by atoms with Gasteiger partial charge >= 0.3 is 0 Å². The molecule has 0 aliphatic carbocycles. The first kappa shape index (κ1) is 11.6. The number of amides is 2. The van der Waals surface area contributed by atoms with Gasteiger partial charge in [0.15, 0.2) is 0 Å². The highest BCUT2D eigenvalue weighted by Crippen LogP contribution is 2.23. The molecule has 0 unspecified atom stereocenters. The van der Waals surface area contributed by atoms with E-state index in [1.54, 1.807) is 12.3 Å². The van der Waals surface area contributed by atoms with Crippen LogP contribution in [0.4, 0.5) is 5.82 Å². The molecule has 0 aromatic carbocycles. The van der Waals surface area contributed by atoms with Crippen molar-refractivity contribution in [2.24, 2.45) is 0 Å². The molecule has 1 fully saturated rings. The molecule has 16 heavy (non-hydrogen) atoms. The van der Waals surface area contributed by atoms with E-state index >= 15 is 0 Å². The minimum atomic E-state index is -0.199. The molecule has 2 heterocycles. The second-order valence-electron chi connectivity index (χ2n) is 3.41. The van der Waals surface area contributed by atoms with Gasteiger partial charge in [0.05, 0.1) is 11.5 Å². The Balaban J connectivity index is 2.38. The van der Waals surface area contributed by atoms with Gasteiger partial charge in [0.1, 0.15) is 5.82 Å². The molecule has 2 amide bonds. The zero-order chi connectivity index (χ0) is 11.7.